The number of nitrogens with one attached hydrogen (secondary N) is 1. The third-order valence-electron chi connectivity index (χ3n) is 4.83. The van der Waals surface area contributed by atoms with Gasteiger partial charge in [0.2, 0.25) is 5.91 Å². The molecule has 126 valence electrons. The molecule has 0 bridgehead atoms. The fourth-order valence-corrected chi connectivity index (χ4v) is 4.45. The number of hydrogen-bond acceptors (Lipinski definition) is 4. The van der Waals surface area contributed by atoms with E-state index < -0.39 is 0 Å². The standard InChI is InChI=1S/C18H27N3OS/c1-20-8-10-21(11-9-20)17-4-2-16(3-5-17)19-18(22)14-15-6-12-23-13-7-15/h2-5,15H,6-14H2,1H3,(H,19,22). The number of piperazine rings is 1. The van der Waals surface area contributed by atoms with Crippen molar-refractivity contribution in [1.29, 1.82) is 0 Å². The number of carbonyl (C=O) groups is 1. The quantitative estimate of drug-likeness (QED) is 0.919. The summed E-state index contributed by atoms with van der Waals surface area (Å²) in [4.78, 5) is 16.9. The third-order valence-corrected chi connectivity index (χ3v) is 5.88. The minimum atomic E-state index is 0.161. The van der Waals surface area contributed by atoms with E-state index in [0.717, 1.165) is 31.9 Å². The lowest BCUT2D eigenvalue weighted by Gasteiger charge is -2.34. The Morgan fingerprint density at radius 2 is 1.78 bits per heavy atom. The van der Waals surface area contributed by atoms with E-state index in [1.54, 1.807) is 0 Å². The maximum absolute atomic E-state index is 12.2. The van der Waals surface area contributed by atoms with E-state index in [-0.39, 0.29) is 5.91 Å². The Bertz CT molecular complexity index is 506. The highest BCUT2D eigenvalue weighted by Gasteiger charge is 2.18. The Morgan fingerprint density at radius 3 is 2.43 bits per heavy atom. The van der Waals surface area contributed by atoms with Crippen molar-refractivity contribution in [3.63, 3.8) is 0 Å². The van der Waals surface area contributed by atoms with E-state index in [1.807, 2.05) is 23.9 Å². The molecule has 1 aromatic carbocycles. The third kappa shape index (κ3) is 4.88. The maximum atomic E-state index is 12.2. The summed E-state index contributed by atoms with van der Waals surface area (Å²) in [5.41, 5.74) is 2.17. The molecule has 1 N–H and O–H groups in total. The summed E-state index contributed by atoms with van der Waals surface area (Å²) in [6.07, 6.45) is 3.03. The lowest BCUT2D eigenvalue weighted by atomic mass is 9.98. The van der Waals surface area contributed by atoms with Gasteiger partial charge in [0.15, 0.2) is 0 Å². The van der Waals surface area contributed by atoms with Crippen molar-refractivity contribution in [3.8, 4) is 0 Å². The van der Waals surface area contributed by atoms with Gasteiger partial charge in [0, 0.05) is 44.0 Å². The first kappa shape index (κ1) is 16.7. The van der Waals surface area contributed by atoms with Crippen LogP contribution in [-0.4, -0.2) is 55.5 Å². The van der Waals surface area contributed by atoms with Crippen LogP contribution in [0.4, 0.5) is 11.4 Å². The molecule has 1 amide bonds. The van der Waals surface area contributed by atoms with Crippen LogP contribution in [0.5, 0.6) is 0 Å². The molecule has 1 aromatic rings. The summed E-state index contributed by atoms with van der Waals surface area (Å²) in [5, 5.41) is 3.05. The zero-order valence-corrected chi connectivity index (χ0v) is 14.8. The molecule has 2 aliphatic heterocycles. The maximum Gasteiger partial charge on any atom is 0.224 e. The highest BCUT2D eigenvalue weighted by molar-refractivity contribution is 7.99. The van der Waals surface area contributed by atoms with Crippen molar-refractivity contribution >= 4 is 29.0 Å². The van der Waals surface area contributed by atoms with E-state index in [4.69, 9.17) is 0 Å². The fraction of sp³-hybridized carbons (Fsp3) is 0.611. The molecule has 23 heavy (non-hydrogen) atoms. The van der Waals surface area contributed by atoms with Crippen LogP contribution < -0.4 is 10.2 Å². The zero-order valence-electron chi connectivity index (χ0n) is 14.0. The Kier molecular flexibility index (Phi) is 5.84. The van der Waals surface area contributed by atoms with Crippen LogP contribution in [0.15, 0.2) is 24.3 Å². The Labute approximate surface area is 143 Å². The summed E-state index contributed by atoms with van der Waals surface area (Å²) in [5.74, 6) is 3.14. The molecule has 0 radical (unpaired) electrons. The number of rotatable bonds is 4. The van der Waals surface area contributed by atoms with Gasteiger partial charge in [0.25, 0.3) is 0 Å². The molecule has 0 aliphatic carbocycles. The second-order valence-corrected chi connectivity index (χ2v) is 7.87. The van der Waals surface area contributed by atoms with E-state index in [1.165, 1.54) is 30.0 Å². The number of likely N-dealkylation sites (N-methyl/N-ethyl adjacent to an activating group) is 1. The normalized spacial score (nSPS) is 20.5. The molecule has 2 fully saturated rings. The van der Waals surface area contributed by atoms with Crippen molar-refractivity contribution in [2.75, 3.05) is 54.9 Å². The minimum absolute atomic E-state index is 0.161. The number of thioether (sulfide) groups is 1. The average Bonchev–Trinajstić information content (AvgIpc) is 2.57. The van der Waals surface area contributed by atoms with Crippen molar-refractivity contribution < 1.29 is 4.79 Å². The number of nitrogens with zero attached hydrogens (tertiary/aromatic N) is 2. The molecule has 3 rings (SSSR count). The van der Waals surface area contributed by atoms with Gasteiger partial charge in [-0.3, -0.25) is 4.79 Å². The second kappa shape index (κ2) is 8.06. The van der Waals surface area contributed by atoms with Crippen LogP contribution in [-0.2, 0) is 4.79 Å². The minimum Gasteiger partial charge on any atom is -0.369 e. The largest absolute Gasteiger partial charge is 0.369 e. The highest BCUT2D eigenvalue weighted by atomic mass is 32.2. The summed E-state index contributed by atoms with van der Waals surface area (Å²) >= 11 is 2.01. The molecule has 2 heterocycles. The molecule has 5 heteroatoms. The molecular formula is C18H27N3OS. The van der Waals surface area contributed by atoms with E-state index in [9.17, 15) is 4.79 Å². The van der Waals surface area contributed by atoms with Crippen molar-refractivity contribution in [2.24, 2.45) is 5.92 Å². The number of anilines is 2. The van der Waals surface area contributed by atoms with E-state index in [0.29, 0.717) is 12.3 Å². The smallest absolute Gasteiger partial charge is 0.224 e. The predicted molar refractivity (Wildman–Crippen MR) is 99.4 cm³/mol. The topological polar surface area (TPSA) is 35.6 Å². The highest BCUT2D eigenvalue weighted by Crippen LogP contribution is 2.26. The number of amides is 1. The van der Waals surface area contributed by atoms with Crippen LogP contribution >= 0.6 is 11.8 Å². The van der Waals surface area contributed by atoms with Gasteiger partial charge in [-0.15, -0.1) is 0 Å². The van der Waals surface area contributed by atoms with Crippen molar-refractivity contribution in [2.45, 2.75) is 19.3 Å². The number of benzene rings is 1. The van der Waals surface area contributed by atoms with Gasteiger partial charge in [0.05, 0.1) is 0 Å². The molecular weight excluding hydrogens is 306 g/mol. The predicted octanol–water partition coefficient (Wildman–Crippen LogP) is 2.91. The zero-order chi connectivity index (χ0) is 16.1. The van der Waals surface area contributed by atoms with Gasteiger partial charge < -0.3 is 15.1 Å². The van der Waals surface area contributed by atoms with Gasteiger partial charge in [-0.1, -0.05) is 0 Å². The van der Waals surface area contributed by atoms with E-state index in [2.05, 4.69) is 34.3 Å². The van der Waals surface area contributed by atoms with Crippen LogP contribution in [0, 0.1) is 5.92 Å². The monoisotopic (exact) mass is 333 g/mol. The van der Waals surface area contributed by atoms with Gasteiger partial charge in [-0.2, -0.15) is 11.8 Å². The first-order chi connectivity index (χ1) is 11.2. The second-order valence-electron chi connectivity index (χ2n) is 6.65. The lowest BCUT2D eigenvalue weighted by Crippen LogP contribution is -2.44. The lowest BCUT2D eigenvalue weighted by molar-refractivity contribution is -0.117. The van der Waals surface area contributed by atoms with Gasteiger partial charge >= 0.3 is 0 Å². The van der Waals surface area contributed by atoms with Crippen molar-refractivity contribution in [3.05, 3.63) is 24.3 Å². The van der Waals surface area contributed by atoms with Crippen LogP contribution in [0.2, 0.25) is 0 Å². The van der Waals surface area contributed by atoms with Gasteiger partial charge in [-0.05, 0) is 61.6 Å². The van der Waals surface area contributed by atoms with Gasteiger partial charge in [0.1, 0.15) is 0 Å². The molecule has 0 aromatic heterocycles. The Morgan fingerprint density at radius 1 is 1.13 bits per heavy atom. The molecule has 0 unspecified atom stereocenters. The summed E-state index contributed by atoms with van der Waals surface area (Å²) in [6, 6.07) is 8.31. The molecule has 0 atom stereocenters. The first-order valence-corrected chi connectivity index (χ1v) is 9.77. The molecule has 2 aliphatic rings. The fourth-order valence-electron chi connectivity index (χ4n) is 3.24. The van der Waals surface area contributed by atoms with Gasteiger partial charge in [-0.25, -0.2) is 0 Å². The molecule has 0 spiro atoms. The van der Waals surface area contributed by atoms with Crippen LogP contribution in [0.3, 0.4) is 0 Å². The number of carbonyl (C=O) groups excluding carboxylic acids is 1. The first-order valence-electron chi connectivity index (χ1n) is 8.62. The molecule has 0 saturated carbocycles. The van der Waals surface area contributed by atoms with Crippen LogP contribution in [0.1, 0.15) is 19.3 Å². The van der Waals surface area contributed by atoms with Crippen LogP contribution in [0.25, 0.3) is 0 Å². The van der Waals surface area contributed by atoms with E-state index >= 15 is 0 Å². The Balaban J connectivity index is 1.49. The average molecular weight is 334 g/mol. The number of hydrogen-bond donors (Lipinski definition) is 1. The Hall–Kier alpha value is -1.20. The summed E-state index contributed by atoms with van der Waals surface area (Å²) < 4.78 is 0. The molecule has 2 saturated heterocycles. The van der Waals surface area contributed by atoms with Crippen molar-refractivity contribution in [1.82, 2.24) is 4.90 Å². The summed E-state index contributed by atoms with van der Waals surface area (Å²) in [7, 11) is 2.17. The summed E-state index contributed by atoms with van der Waals surface area (Å²) in [6.45, 7) is 4.36. The molecule has 4 nitrogen and oxygen atoms in total. The SMILES string of the molecule is CN1CCN(c2ccc(NC(=O)CC3CCSCC3)cc2)CC1.